The molecular weight excluding hydrogens is 669 g/mol. The maximum Gasteiger partial charge on any atom is 0.164 e. The summed E-state index contributed by atoms with van der Waals surface area (Å²) in [4.78, 5) is 15.6. The number of rotatable bonds is 7. The predicted molar refractivity (Wildman–Crippen MR) is 224 cm³/mol. The molecule has 268 valence electrons. The van der Waals surface area contributed by atoms with Crippen LogP contribution in [0.15, 0.2) is 152 Å². The Morgan fingerprint density at radius 2 is 0.982 bits per heavy atom. The van der Waals surface area contributed by atoms with Crippen molar-refractivity contribution in [1.82, 2.24) is 15.0 Å². The van der Waals surface area contributed by atoms with Crippen LogP contribution >= 0.6 is 0 Å². The molecule has 1 heterocycles. The fraction of sp³-hybridized carbons (Fsp3) is 0.216. The lowest BCUT2D eigenvalue weighted by Gasteiger charge is -2.50. The molecule has 2 fully saturated rings. The van der Waals surface area contributed by atoms with Crippen LogP contribution in [0.3, 0.4) is 0 Å². The largest absolute Gasteiger partial charge is 0.208 e. The lowest BCUT2D eigenvalue weighted by atomic mass is 9.54. The quantitative estimate of drug-likeness (QED) is 0.165. The fourth-order valence-corrected chi connectivity index (χ4v) is 9.84. The minimum absolute atomic E-state index is 0.290. The van der Waals surface area contributed by atoms with Gasteiger partial charge < -0.3 is 0 Å². The SMILES string of the molecule is C[C@@H]1C[C@@H]2C[C@H](C)CC(c3ccc(-c4ccccc4-c4nc(-c5ccccc5)nc(-c5ccc(-c6ccc(C#N)cc6)cc5-c5ccccc5)n4)cc3)(C1)C2. The summed E-state index contributed by atoms with van der Waals surface area (Å²) >= 11 is 0. The van der Waals surface area contributed by atoms with E-state index in [1.165, 1.54) is 43.2 Å². The minimum Gasteiger partial charge on any atom is -0.208 e. The number of aromatic nitrogens is 3. The normalized spacial score (nSPS) is 20.4. The molecule has 2 aliphatic rings. The monoisotopic (exact) mass is 712 g/mol. The van der Waals surface area contributed by atoms with Crippen LogP contribution in [0.25, 0.3) is 67.5 Å². The zero-order valence-electron chi connectivity index (χ0n) is 31.5. The van der Waals surface area contributed by atoms with E-state index < -0.39 is 0 Å². The van der Waals surface area contributed by atoms with Gasteiger partial charge in [0, 0.05) is 16.7 Å². The molecule has 2 bridgehead atoms. The second-order valence-electron chi connectivity index (χ2n) is 16.1. The van der Waals surface area contributed by atoms with Crippen molar-refractivity contribution in [1.29, 1.82) is 5.26 Å². The van der Waals surface area contributed by atoms with Crippen LogP contribution in [0, 0.1) is 29.1 Å². The summed E-state index contributed by atoms with van der Waals surface area (Å²) in [7, 11) is 0. The van der Waals surface area contributed by atoms with Crippen LogP contribution in [0.4, 0.5) is 0 Å². The van der Waals surface area contributed by atoms with Gasteiger partial charge in [0.05, 0.1) is 11.6 Å². The molecule has 0 N–H and O–H groups in total. The topological polar surface area (TPSA) is 62.5 Å². The van der Waals surface area contributed by atoms with Crippen molar-refractivity contribution in [2.75, 3.05) is 0 Å². The van der Waals surface area contributed by atoms with Crippen LogP contribution in [0.1, 0.15) is 57.1 Å². The van der Waals surface area contributed by atoms with Gasteiger partial charge in [0.15, 0.2) is 17.5 Å². The molecule has 4 heteroatoms. The van der Waals surface area contributed by atoms with E-state index in [4.69, 9.17) is 15.0 Å². The zero-order valence-corrected chi connectivity index (χ0v) is 31.5. The fourth-order valence-electron chi connectivity index (χ4n) is 9.84. The van der Waals surface area contributed by atoms with Gasteiger partial charge >= 0.3 is 0 Å². The van der Waals surface area contributed by atoms with Crippen molar-refractivity contribution in [2.24, 2.45) is 17.8 Å². The Morgan fingerprint density at radius 3 is 1.62 bits per heavy atom. The summed E-state index contributed by atoms with van der Waals surface area (Å²) < 4.78 is 0. The highest BCUT2D eigenvalue weighted by molar-refractivity contribution is 5.87. The molecule has 0 saturated heterocycles. The molecule has 2 aliphatic carbocycles. The highest BCUT2D eigenvalue weighted by atomic mass is 15.0. The van der Waals surface area contributed by atoms with Crippen molar-refractivity contribution >= 4 is 0 Å². The van der Waals surface area contributed by atoms with E-state index in [9.17, 15) is 5.26 Å². The lowest BCUT2D eigenvalue weighted by Crippen LogP contribution is -2.42. The molecule has 1 unspecified atom stereocenters. The number of benzene rings is 6. The Kier molecular flexibility index (Phi) is 9.16. The van der Waals surface area contributed by atoms with E-state index in [0.717, 1.165) is 62.3 Å². The summed E-state index contributed by atoms with van der Waals surface area (Å²) in [6.45, 7) is 4.92. The number of fused-ring (bicyclic) bond motifs is 2. The second-order valence-corrected chi connectivity index (χ2v) is 16.1. The third kappa shape index (κ3) is 6.88. The Bertz CT molecular complexity index is 2480. The van der Waals surface area contributed by atoms with Gasteiger partial charge in [0.1, 0.15) is 0 Å². The highest BCUT2D eigenvalue weighted by Crippen LogP contribution is 2.54. The van der Waals surface area contributed by atoms with E-state index in [1.54, 1.807) is 0 Å². The van der Waals surface area contributed by atoms with Gasteiger partial charge in [0.2, 0.25) is 0 Å². The van der Waals surface area contributed by atoms with Crippen LogP contribution in [0.2, 0.25) is 0 Å². The van der Waals surface area contributed by atoms with E-state index in [2.05, 4.69) is 123 Å². The Hall–Kier alpha value is -6.18. The van der Waals surface area contributed by atoms with Gasteiger partial charge in [-0.05, 0) is 118 Å². The smallest absolute Gasteiger partial charge is 0.164 e. The van der Waals surface area contributed by atoms with E-state index in [1.807, 2.05) is 48.5 Å². The molecule has 4 atom stereocenters. The molecule has 0 amide bonds. The molecule has 9 rings (SSSR count). The van der Waals surface area contributed by atoms with Crippen LogP contribution in [-0.4, -0.2) is 15.0 Å². The molecule has 0 spiro atoms. The van der Waals surface area contributed by atoms with Crippen molar-refractivity contribution in [2.45, 2.75) is 51.4 Å². The summed E-state index contributed by atoms with van der Waals surface area (Å²) in [5, 5.41) is 9.38. The third-order valence-electron chi connectivity index (χ3n) is 12.0. The van der Waals surface area contributed by atoms with Crippen molar-refractivity contribution in [3.8, 4) is 73.6 Å². The summed E-state index contributed by atoms with van der Waals surface area (Å²) in [5.41, 5.74) is 11.7. The van der Waals surface area contributed by atoms with Gasteiger partial charge in [-0.3, -0.25) is 0 Å². The van der Waals surface area contributed by atoms with E-state index in [0.29, 0.717) is 23.0 Å². The Morgan fingerprint density at radius 1 is 0.473 bits per heavy atom. The molecule has 1 aromatic heterocycles. The molecule has 2 saturated carbocycles. The average Bonchev–Trinajstić information content (AvgIpc) is 3.23. The Balaban J connectivity index is 1.16. The maximum absolute atomic E-state index is 9.38. The van der Waals surface area contributed by atoms with Gasteiger partial charge in [-0.2, -0.15) is 5.26 Å². The molecule has 0 radical (unpaired) electrons. The van der Waals surface area contributed by atoms with Crippen LogP contribution in [-0.2, 0) is 5.41 Å². The molecule has 6 aromatic carbocycles. The van der Waals surface area contributed by atoms with Crippen molar-refractivity contribution < 1.29 is 0 Å². The number of nitrogens with zero attached hydrogens (tertiary/aromatic N) is 4. The predicted octanol–water partition coefficient (Wildman–Crippen LogP) is 12.8. The molecule has 4 nitrogen and oxygen atoms in total. The zero-order chi connectivity index (χ0) is 37.4. The lowest BCUT2D eigenvalue weighted by molar-refractivity contribution is 0.0780. The van der Waals surface area contributed by atoms with Crippen LogP contribution < -0.4 is 0 Å². The summed E-state index contributed by atoms with van der Waals surface area (Å²) in [6, 6.07) is 55.0. The Labute approximate surface area is 324 Å². The highest BCUT2D eigenvalue weighted by Gasteiger charge is 2.45. The molecular formula is C51H44N4. The number of hydrogen-bond acceptors (Lipinski definition) is 4. The van der Waals surface area contributed by atoms with Gasteiger partial charge in [-0.25, -0.2) is 15.0 Å². The third-order valence-corrected chi connectivity index (χ3v) is 12.0. The number of hydrogen-bond donors (Lipinski definition) is 0. The first-order valence-corrected chi connectivity index (χ1v) is 19.7. The van der Waals surface area contributed by atoms with E-state index >= 15 is 0 Å². The van der Waals surface area contributed by atoms with Gasteiger partial charge in [0.25, 0.3) is 0 Å². The first-order chi connectivity index (χ1) is 26.9. The molecule has 55 heavy (non-hydrogen) atoms. The van der Waals surface area contributed by atoms with E-state index in [-0.39, 0.29) is 5.41 Å². The maximum atomic E-state index is 9.38. The second kappa shape index (κ2) is 14.6. The molecule has 0 aliphatic heterocycles. The first kappa shape index (κ1) is 34.6. The van der Waals surface area contributed by atoms with Gasteiger partial charge in [-0.15, -0.1) is 0 Å². The standard InChI is InChI=1S/C51H44N4/c1-34-27-37-28-35(2)31-51(30-34,32-37)43-24-21-40(22-25-43)44-15-9-10-16-45(44)49-53-48(41-13-7-4-8-14-41)54-50(55-49)46-26-23-42(38-19-17-36(33-52)18-20-38)29-47(46)39-11-5-3-6-12-39/h3-26,29,34-35,37H,27-28,30-32H2,1-2H3/t34-,35+,37-,51?. The minimum atomic E-state index is 0.290. The average molecular weight is 713 g/mol. The van der Waals surface area contributed by atoms with Gasteiger partial charge in [-0.1, -0.05) is 141 Å². The van der Waals surface area contributed by atoms with Crippen molar-refractivity contribution in [3.63, 3.8) is 0 Å². The summed E-state index contributed by atoms with van der Waals surface area (Å²) in [5.74, 6) is 4.29. The van der Waals surface area contributed by atoms with Crippen LogP contribution in [0.5, 0.6) is 0 Å². The molecule has 7 aromatic rings. The van der Waals surface area contributed by atoms with Crippen molar-refractivity contribution in [3.05, 3.63) is 163 Å². The first-order valence-electron chi connectivity index (χ1n) is 19.7. The number of nitriles is 1. The summed E-state index contributed by atoms with van der Waals surface area (Å²) in [6.07, 6.45) is 6.67.